The van der Waals surface area contributed by atoms with Gasteiger partial charge in [0.1, 0.15) is 11.9 Å². The molecule has 1 atom stereocenters. The Morgan fingerprint density at radius 3 is 2.82 bits per heavy atom. The lowest BCUT2D eigenvalue weighted by Gasteiger charge is -2.20. The van der Waals surface area contributed by atoms with Crippen LogP contribution in [0.1, 0.15) is 18.2 Å². The molecule has 1 aromatic carbocycles. The summed E-state index contributed by atoms with van der Waals surface area (Å²) in [6.45, 7) is 2.79. The predicted molar refractivity (Wildman–Crippen MR) is 118 cm³/mol. The van der Waals surface area contributed by atoms with Crippen molar-refractivity contribution in [3.05, 3.63) is 66.0 Å². The summed E-state index contributed by atoms with van der Waals surface area (Å²) in [7, 11) is 0. The number of nitrogens with one attached hydrogen (secondary N) is 1. The monoisotopic (exact) mass is 448 g/mol. The molecule has 1 fully saturated rings. The Hall–Kier alpha value is -4.08. The van der Waals surface area contributed by atoms with Crippen LogP contribution in [0, 0.1) is 5.82 Å². The van der Waals surface area contributed by atoms with Gasteiger partial charge in [-0.1, -0.05) is 0 Å². The third kappa shape index (κ3) is 4.19. The lowest BCUT2D eigenvalue weighted by atomic mass is 10.2. The Kier molecular flexibility index (Phi) is 5.33. The number of amides is 2. The van der Waals surface area contributed by atoms with Gasteiger partial charge < -0.3 is 15.0 Å². The van der Waals surface area contributed by atoms with Crippen LogP contribution in [0.3, 0.4) is 0 Å². The number of anilines is 2. The van der Waals surface area contributed by atoms with E-state index in [1.54, 1.807) is 30.7 Å². The van der Waals surface area contributed by atoms with Crippen LogP contribution in [-0.4, -0.2) is 46.1 Å². The van der Waals surface area contributed by atoms with E-state index in [1.807, 2.05) is 17.0 Å². The minimum absolute atomic E-state index is 0.205. The Labute approximate surface area is 189 Å². The summed E-state index contributed by atoms with van der Waals surface area (Å²) >= 11 is 0. The molecule has 0 unspecified atom stereocenters. The summed E-state index contributed by atoms with van der Waals surface area (Å²) in [5.41, 5.74) is 3.49. The normalized spacial score (nSPS) is 17.2. The van der Waals surface area contributed by atoms with E-state index in [-0.39, 0.29) is 19.0 Å². The predicted octanol–water partition coefficient (Wildman–Crippen LogP) is 2.66. The van der Waals surface area contributed by atoms with Crippen molar-refractivity contribution >= 4 is 23.4 Å². The van der Waals surface area contributed by atoms with Crippen LogP contribution in [0.4, 0.5) is 20.6 Å². The zero-order valence-electron chi connectivity index (χ0n) is 17.9. The van der Waals surface area contributed by atoms with Crippen molar-refractivity contribution in [2.24, 2.45) is 0 Å². The van der Waals surface area contributed by atoms with Crippen LogP contribution >= 0.6 is 0 Å². The van der Waals surface area contributed by atoms with E-state index in [0.717, 1.165) is 16.8 Å². The molecule has 0 saturated carbocycles. The minimum atomic E-state index is -0.565. The number of carbonyl (C=O) groups excluding carboxylic acids is 2. The summed E-state index contributed by atoms with van der Waals surface area (Å²) < 4.78 is 20.3. The highest BCUT2D eigenvalue weighted by Crippen LogP contribution is 2.33. The molecule has 1 N–H and O–H groups in total. The number of rotatable bonds is 5. The van der Waals surface area contributed by atoms with Crippen molar-refractivity contribution in [1.82, 2.24) is 20.3 Å². The number of hydrogen-bond donors (Lipinski definition) is 1. The quantitative estimate of drug-likeness (QED) is 0.640. The molecule has 10 heteroatoms. The first-order valence-electron chi connectivity index (χ1n) is 10.5. The highest BCUT2D eigenvalue weighted by atomic mass is 19.1. The maximum Gasteiger partial charge on any atom is 0.414 e. The van der Waals surface area contributed by atoms with Crippen molar-refractivity contribution in [3.63, 3.8) is 0 Å². The van der Waals surface area contributed by atoms with Gasteiger partial charge in [-0.15, -0.1) is 0 Å². The van der Waals surface area contributed by atoms with Crippen LogP contribution in [0.25, 0.3) is 11.4 Å². The van der Waals surface area contributed by atoms with Gasteiger partial charge in [0, 0.05) is 43.2 Å². The molecule has 2 aromatic heterocycles. The molecule has 0 radical (unpaired) electrons. The van der Waals surface area contributed by atoms with Gasteiger partial charge in [0.15, 0.2) is 5.82 Å². The fourth-order valence-electron chi connectivity index (χ4n) is 3.98. The Balaban J connectivity index is 1.31. The summed E-state index contributed by atoms with van der Waals surface area (Å²) in [4.78, 5) is 39.7. The van der Waals surface area contributed by atoms with Crippen molar-refractivity contribution < 1.29 is 18.7 Å². The molecular weight excluding hydrogens is 427 g/mol. The van der Waals surface area contributed by atoms with Crippen LogP contribution in [0.15, 0.2) is 48.9 Å². The van der Waals surface area contributed by atoms with Gasteiger partial charge in [-0.3, -0.25) is 14.7 Å². The molecule has 4 heterocycles. The summed E-state index contributed by atoms with van der Waals surface area (Å²) in [6.07, 6.45) is 4.11. The second-order valence-corrected chi connectivity index (χ2v) is 7.95. The Morgan fingerprint density at radius 1 is 1.24 bits per heavy atom. The van der Waals surface area contributed by atoms with E-state index in [0.29, 0.717) is 30.3 Å². The van der Waals surface area contributed by atoms with Gasteiger partial charge in [-0.05, 0) is 30.3 Å². The van der Waals surface area contributed by atoms with Gasteiger partial charge in [-0.2, -0.15) is 0 Å². The van der Waals surface area contributed by atoms with E-state index in [2.05, 4.69) is 20.3 Å². The van der Waals surface area contributed by atoms with Crippen molar-refractivity contribution in [3.8, 4) is 11.4 Å². The Morgan fingerprint density at radius 2 is 2.06 bits per heavy atom. The number of benzene rings is 1. The molecule has 1 saturated heterocycles. The van der Waals surface area contributed by atoms with Crippen molar-refractivity contribution in [2.75, 3.05) is 22.9 Å². The number of ether oxygens (including phenoxy) is 1. The third-order valence-electron chi connectivity index (χ3n) is 5.63. The van der Waals surface area contributed by atoms with E-state index in [9.17, 15) is 9.59 Å². The molecule has 168 valence electrons. The summed E-state index contributed by atoms with van der Waals surface area (Å²) in [5, 5.41) is 2.62. The zero-order valence-corrected chi connectivity index (χ0v) is 17.9. The minimum Gasteiger partial charge on any atom is -0.442 e. The Bertz CT molecular complexity index is 1220. The number of carbonyl (C=O) groups is 2. The van der Waals surface area contributed by atoms with Gasteiger partial charge in [0.2, 0.25) is 5.91 Å². The fraction of sp³-hybridized carbons (Fsp3) is 0.261. The topological polar surface area (TPSA) is 101 Å². The number of fused-ring (bicyclic) bond motifs is 1. The molecule has 33 heavy (non-hydrogen) atoms. The van der Waals surface area contributed by atoms with Gasteiger partial charge in [0.05, 0.1) is 36.7 Å². The average Bonchev–Trinajstić information content (AvgIpc) is 3.40. The molecule has 0 bridgehead atoms. The largest absolute Gasteiger partial charge is 0.442 e. The molecule has 3 aromatic rings. The van der Waals surface area contributed by atoms with E-state index in [4.69, 9.17) is 4.74 Å². The lowest BCUT2D eigenvalue weighted by molar-refractivity contribution is -0.119. The standard InChI is InChI=1S/C23H21FN6O3/c1-14(31)26-10-18-12-30(23(32)33-18)17-2-3-21(19(24)8-17)29-11-16-9-27-22(28-20(16)13-29)15-4-6-25-7-5-15/h2-9,18H,10-13H2,1H3,(H,26,31)/t18-/m0/s1. The molecular formula is C23H21FN6O3. The number of pyridine rings is 1. The number of aromatic nitrogens is 3. The van der Waals surface area contributed by atoms with Crippen LogP contribution in [-0.2, 0) is 22.6 Å². The smallest absolute Gasteiger partial charge is 0.414 e. The molecule has 0 spiro atoms. The van der Waals surface area contributed by atoms with Gasteiger partial charge >= 0.3 is 6.09 Å². The average molecular weight is 448 g/mol. The SMILES string of the molecule is CC(=O)NC[C@H]1CN(c2ccc(N3Cc4cnc(-c5ccncc5)nc4C3)c(F)c2)C(=O)O1. The first-order chi connectivity index (χ1) is 16.0. The molecule has 0 aliphatic carbocycles. The highest BCUT2D eigenvalue weighted by molar-refractivity contribution is 5.90. The number of cyclic esters (lactones) is 1. The second-order valence-electron chi connectivity index (χ2n) is 7.95. The van der Waals surface area contributed by atoms with Crippen molar-refractivity contribution in [1.29, 1.82) is 0 Å². The molecule has 2 aliphatic rings. The first kappa shape index (κ1) is 20.8. The summed E-state index contributed by atoms with van der Waals surface area (Å²) in [5.74, 6) is -0.0417. The fourth-order valence-corrected chi connectivity index (χ4v) is 3.98. The molecule has 9 nitrogen and oxygen atoms in total. The lowest BCUT2D eigenvalue weighted by Crippen LogP contribution is -2.33. The molecule has 2 amide bonds. The van der Waals surface area contributed by atoms with Crippen molar-refractivity contribution in [2.45, 2.75) is 26.1 Å². The second kappa shape index (κ2) is 8.45. The van der Waals surface area contributed by atoms with Gasteiger partial charge in [-0.25, -0.2) is 19.2 Å². The number of hydrogen-bond acceptors (Lipinski definition) is 7. The van der Waals surface area contributed by atoms with Crippen LogP contribution < -0.4 is 15.1 Å². The van der Waals surface area contributed by atoms with Crippen LogP contribution in [0.2, 0.25) is 0 Å². The maximum absolute atomic E-state index is 15.1. The number of halogens is 1. The van der Waals surface area contributed by atoms with Gasteiger partial charge in [0.25, 0.3) is 0 Å². The zero-order chi connectivity index (χ0) is 22.9. The maximum atomic E-state index is 15.1. The molecule has 2 aliphatic heterocycles. The highest BCUT2D eigenvalue weighted by Gasteiger charge is 2.33. The third-order valence-corrected chi connectivity index (χ3v) is 5.63. The summed E-state index contributed by atoms with van der Waals surface area (Å²) in [6, 6.07) is 8.36. The van der Waals surface area contributed by atoms with E-state index >= 15 is 4.39 Å². The van der Waals surface area contributed by atoms with E-state index in [1.165, 1.54) is 17.9 Å². The van der Waals surface area contributed by atoms with E-state index < -0.39 is 18.0 Å². The van der Waals surface area contributed by atoms with Crippen LogP contribution in [0.5, 0.6) is 0 Å². The number of nitrogens with zero attached hydrogens (tertiary/aromatic N) is 5. The molecule has 5 rings (SSSR count). The first-order valence-corrected chi connectivity index (χ1v) is 10.5.